The molecule has 2 aromatic heterocycles. The van der Waals surface area contributed by atoms with Crippen molar-refractivity contribution >= 4 is 34.3 Å². The first-order chi connectivity index (χ1) is 11.8. The van der Waals surface area contributed by atoms with E-state index in [1.54, 1.807) is 23.9 Å². The molecule has 2 aromatic carbocycles. The highest BCUT2D eigenvalue weighted by atomic mass is 35.5. The molecular formula is C18H12ClN3OS. The standard InChI is InChI=1S/C18H12ClN3OS/c19-14-8-5-13(6-9-14)18-22-21-16(23-18)11-24-17-10-7-12-3-1-2-4-15(12)20-17/h1-10H,11H2. The van der Waals surface area contributed by atoms with Gasteiger partial charge in [0.2, 0.25) is 11.8 Å². The minimum atomic E-state index is 0.494. The molecule has 0 radical (unpaired) electrons. The molecule has 0 aliphatic rings. The summed E-state index contributed by atoms with van der Waals surface area (Å²) in [5, 5.41) is 10.9. The molecule has 4 aromatic rings. The third-order valence-electron chi connectivity index (χ3n) is 3.47. The van der Waals surface area contributed by atoms with Crippen molar-refractivity contribution in [3.05, 3.63) is 71.6 Å². The molecule has 2 heterocycles. The van der Waals surface area contributed by atoms with Gasteiger partial charge in [0.1, 0.15) is 0 Å². The smallest absolute Gasteiger partial charge is 0.247 e. The van der Waals surface area contributed by atoms with Crippen LogP contribution in [0, 0.1) is 0 Å². The van der Waals surface area contributed by atoms with Crippen LogP contribution in [0.4, 0.5) is 0 Å². The molecule has 0 fully saturated rings. The quantitative estimate of drug-likeness (QED) is 0.470. The fraction of sp³-hybridized carbons (Fsp3) is 0.0556. The molecule has 0 atom stereocenters. The van der Waals surface area contributed by atoms with Crippen LogP contribution in [0.3, 0.4) is 0 Å². The van der Waals surface area contributed by atoms with Gasteiger partial charge in [-0.2, -0.15) is 0 Å². The van der Waals surface area contributed by atoms with Gasteiger partial charge in [-0.1, -0.05) is 47.6 Å². The molecule has 0 aliphatic heterocycles. The predicted octanol–water partition coefficient (Wildman–Crippen LogP) is 5.23. The summed E-state index contributed by atoms with van der Waals surface area (Å²) < 4.78 is 5.70. The van der Waals surface area contributed by atoms with Gasteiger partial charge in [0.25, 0.3) is 0 Å². The first kappa shape index (κ1) is 15.2. The molecule has 0 bridgehead atoms. The third kappa shape index (κ3) is 3.27. The largest absolute Gasteiger partial charge is 0.420 e. The second-order valence-electron chi connectivity index (χ2n) is 5.14. The van der Waals surface area contributed by atoms with Crippen molar-refractivity contribution in [3.63, 3.8) is 0 Å². The van der Waals surface area contributed by atoms with E-state index in [2.05, 4.69) is 21.2 Å². The van der Waals surface area contributed by atoms with Gasteiger partial charge >= 0.3 is 0 Å². The second kappa shape index (κ2) is 6.63. The van der Waals surface area contributed by atoms with Gasteiger partial charge in [-0.05, 0) is 36.4 Å². The number of para-hydroxylation sites is 1. The molecule has 24 heavy (non-hydrogen) atoms. The molecular weight excluding hydrogens is 342 g/mol. The zero-order valence-corrected chi connectivity index (χ0v) is 14.1. The molecule has 0 saturated heterocycles. The van der Waals surface area contributed by atoms with Crippen molar-refractivity contribution in [1.82, 2.24) is 15.2 Å². The first-order valence-electron chi connectivity index (χ1n) is 7.35. The van der Waals surface area contributed by atoms with E-state index in [0.717, 1.165) is 21.5 Å². The van der Waals surface area contributed by atoms with E-state index in [1.807, 2.05) is 42.5 Å². The molecule has 118 valence electrons. The molecule has 0 spiro atoms. The SMILES string of the molecule is Clc1ccc(-c2nnc(CSc3ccc4ccccc4n3)o2)cc1. The Morgan fingerprint density at radius 2 is 1.75 bits per heavy atom. The number of halogens is 1. The summed E-state index contributed by atoms with van der Waals surface area (Å²) in [7, 11) is 0. The average Bonchev–Trinajstić information content (AvgIpc) is 3.09. The number of aromatic nitrogens is 3. The van der Waals surface area contributed by atoms with Crippen LogP contribution in [0.25, 0.3) is 22.4 Å². The summed E-state index contributed by atoms with van der Waals surface area (Å²) in [5.41, 5.74) is 1.84. The minimum Gasteiger partial charge on any atom is -0.420 e. The number of benzene rings is 2. The fourth-order valence-electron chi connectivity index (χ4n) is 2.28. The molecule has 0 unspecified atom stereocenters. The zero-order valence-electron chi connectivity index (χ0n) is 12.5. The number of thioether (sulfide) groups is 1. The summed E-state index contributed by atoms with van der Waals surface area (Å²) in [4.78, 5) is 4.62. The van der Waals surface area contributed by atoms with Gasteiger partial charge in [-0.15, -0.1) is 10.2 Å². The van der Waals surface area contributed by atoms with Crippen LogP contribution in [0.2, 0.25) is 5.02 Å². The Kier molecular flexibility index (Phi) is 4.19. The number of rotatable bonds is 4. The number of hydrogen-bond donors (Lipinski definition) is 0. The second-order valence-corrected chi connectivity index (χ2v) is 6.57. The molecule has 4 rings (SSSR count). The van der Waals surface area contributed by atoms with Crippen molar-refractivity contribution in [2.75, 3.05) is 0 Å². The Morgan fingerprint density at radius 3 is 2.62 bits per heavy atom. The number of hydrogen-bond acceptors (Lipinski definition) is 5. The van der Waals surface area contributed by atoms with Gasteiger partial charge in [0, 0.05) is 16.0 Å². The highest BCUT2D eigenvalue weighted by molar-refractivity contribution is 7.98. The van der Waals surface area contributed by atoms with Crippen LogP contribution in [-0.4, -0.2) is 15.2 Å². The predicted molar refractivity (Wildman–Crippen MR) is 96.0 cm³/mol. The molecule has 6 heteroatoms. The summed E-state index contributed by atoms with van der Waals surface area (Å²) >= 11 is 7.46. The van der Waals surface area contributed by atoms with Crippen molar-refractivity contribution < 1.29 is 4.42 Å². The van der Waals surface area contributed by atoms with Crippen molar-refractivity contribution in [2.24, 2.45) is 0 Å². The lowest BCUT2D eigenvalue weighted by molar-refractivity contribution is 0.528. The van der Waals surface area contributed by atoms with E-state index in [4.69, 9.17) is 16.0 Å². The van der Waals surface area contributed by atoms with Crippen LogP contribution >= 0.6 is 23.4 Å². The lowest BCUT2D eigenvalue weighted by atomic mass is 10.2. The van der Waals surface area contributed by atoms with Crippen LogP contribution in [0.5, 0.6) is 0 Å². The van der Waals surface area contributed by atoms with Crippen molar-refractivity contribution in [1.29, 1.82) is 0 Å². The van der Waals surface area contributed by atoms with E-state index < -0.39 is 0 Å². The van der Waals surface area contributed by atoms with Crippen molar-refractivity contribution in [3.8, 4) is 11.5 Å². The lowest BCUT2D eigenvalue weighted by Crippen LogP contribution is -1.85. The van der Waals surface area contributed by atoms with E-state index >= 15 is 0 Å². The van der Waals surface area contributed by atoms with Gasteiger partial charge in [-0.25, -0.2) is 4.98 Å². The maximum atomic E-state index is 5.89. The molecule has 0 aliphatic carbocycles. The van der Waals surface area contributed by atoms with Crippen LogP contribution in [-0.2, 0) is 5.75 Å². The molecule has 0 saturated carbocycles. The summed E-state index contributed by atoms with van der Waals surface area (Å²) in [6.45, 7) is 0. The molecule has 0 amide bonds. The molecule has 0 N–H and O–H groups in total. The normalized spacial score (nSPS) is 11.0. The van der Waals surface area contributed by atoms with Crippen LogP contribution < -0.4 is 0 Å². The number of nitrogens with zero attached hydrogens (tertiary/aromatic N) is 3. The topological polar surface area (TPSA) is 51.8 Å². The summed E-state index contributed by atoms with van der Waals surface area (Å²) in [5.74, 6) is 1.64. The van der Waals surface area contributed by atoms with E-state index in [0.29, 0.717) is 22.6 Å². The number of fused-ring (bicyclic) bond motifs is 1. The van der Waals surface area contributed by atoms with Gasteiger partial charge in [0.15, 0.2) is 0 Å². The maximum absolute atomic E-state index is 5.89. The maximum Gasteiger partial charge on any atom is 0.247 e. The van der Waals surface area contributed by atoms with Crippen molar-refractivity contribution in [2.45, 2.75) is 10.8 Å². The highest BCUT2D eigenvalue weighted by Crippen LogP contribution is 2.25. The van der Waals surface area contributed by atoms with Gasteiger partial charge in [0.05, 0.1) is 16.3 Å². The third-order valence-corrected chi connectivity index (χ3v) is 4.64. The lowest BCUT2D eigenvalue weighted by Gasteiger charge is -2.01. The van der Waals surface area contributed by atoms with Crippen LogP contribution in [0.1, 0.15) is 5.89 Å². The Bertz CT molecular complexity index is 985. The first-order valence-corrected chi connectivity index (χ1v) is 8.71. The fourth-order valence-corrected chi connectivity index (χ4v) is 3.13. The number of pyridine rings is 1. The Hall–Kier alpha value is -2.37. The van der Waals surface area contributed by atoms with E-state index in [-0.39, 0.29) is 0 Å². The minimum absolute atomic E-state index is 0.494. The highest BCUT2D eigenvalue weighted by Gasteiger charge is 2.09. The zero-order chi connectivity index (χ0) is 16.4. The average molecular weight is 354 g/mol. The van der Waals surface area contributed by atoms with Gasteiger partial charge in [-0.3, -0.25) is 0 Å². The monoisotopic (exact) mass is 353 g/mol. The van der Waals surface area contributed by atoms with E-state index in [9.17, 15) is 0 Å². The summed E-state index contributed by atoms with van der Waals surface area (Å²) in [6, 6.07) is 19.4. The van der Waals surface area contributed by atoms with Crippen LogP contribution in [0.15, 0.2) is 70.1 Å². The Morgan fingerprint density at radius 1 is 0.917 bits per heavy atom. The molecule has 4 nitrogen and oxygen atoms in total. The Labute approximate surface area is 147 Å². The van der Waals surface area contributed by atoms with Gasteiger partial charge < -0.3 is 4.42 Å². The summed E-state index contributed by atoms with van der Waals surface area (Å²) in [6.07, 6.45) is 0. The van der Waals surface area contributed by atoms with E-state index in [1.165, 1.54) is 0 Å². The Balaban J connectivity index is 1.48.